The average molecular weight is 407 g/mol. The van der Waals surface area contributed by atoms with Gasteiger partial charge in [-0.1, -0.05) is 46.3 Å². The van der Waals surface area contributed by atoms with Gasteiger partial charge in [-0.25, -0.2) is 0 Å². The second kappa shape index (κ2) is 7.16. The summed E-state index contributed by atoms with van der Waals surface area (Å²) in [7, 11) is 0. The van der Waals surface area contributed by atoms with Crippen LogP contribution in [-0.4, -0.2) is 11.7 Å². The topological polar surface area (TPSA) is 17.1 Å². The number of fused-ring (bicyclic) bond motifs is 5. The molecule has 3 fully saturated rings. The van der Waals surface area contributed by atoms with Crippen molar-refractivity contribution in [3.05, 3.63) is 11.6 Å². The van der Waals surface area contributed by atoms with E-state index in [1.165, 1.54) is 25.7 Å². The highest BCUT2D eigenvalue weighted by molar-refractivity contribution is 5.87. The van der Waals surface area contributed by atoms with Crippen molar-refractivity contribution in [2.24, 2.45) is 46.3 Å². The lowest BCUT2D eigenvalue weighted by Crippen LogP contribution is -2.50. The zero-order chi connectivity index (χ0) is 21.2. The van der Waals surface area contributed by atoms with Gasteiger partial charge in [0.25, 0.3) is 0 Å². The van der Waals surface area contributed by atoms with Crippen molar-refractivity contribution in [2.75, 3.05) is 0 Å². The predicted octanol–water partition coefficient (Wildman–Crippen LogP) is 7.45. The van der Waals surface area contributed by atoms with Gasteiger partial charge in [0.05, 0.1) is 0 Å². The molecule has 164 valence electrons. The van der Waals surface area contributed by atoms with Gasteiger partial charge in [0.1, 0.15) is 0 Å². The number of halogens is 2. The summed E-state index contributed by atoms with van der Waals surface area (Å²) in [6.07, 6.45) is 11.5. The molecule has 7 unspecified atom stereocenters. The molecule has 0 heterocycles. The van der Waals surface area contributed by atoms with Crippen LogP contribution in [0.3, 0.4) is 0 Å². The van der Waals surface area contributed by atoms with Gasteiger partial charge in [-0.05, 0) is 91.8 Å². The molecule has 1 nitrogen and oxygen atoms in total. The molecule has 4 aliphatic carbocycles. The third-order valence-electron chi connectivity index (χ3n) is 9.93. The summed E-state index contributed by atoms with van der Waals surface area (Å²) in [4.78, 5) is 12.1. The van der Waals surface area contributed by atoms with Crippen molar-refractivity contribution in [3.63, 3.8) is 0 Å². The first-order chi connectivity index (χ1) is 13.5. The highest BCUT2D eigenvalue weighted by Gasteiger charge is 2.60. The molecule has 0 radical (unpaired) electrons. The number of hydrogen-bond donors (Lipinski definition) is 0. The summed E-state index contributed by atoms with van der Waals surface area (Å²) in [6.45, 7) is 10.4. The van der Waals surface area contributed by atoms with Crippen LogP contribution in [0.15, 0.2) is 11.6 Å². The first kappa shape index (κ1) is 21.5. The molecule has 0 N–H and O–H groups in total. The van der Waals surface area contributed by atoms with E-state index in [1.807, 2.05) is 0 Å². The number of rotatable bonds is 4. The minimum Gasteiger partial charge on any atom is -0.293 e. The zero-order valence-electron chi connectivity index (χ0n) is 19.1. The molecule has 0 bridgehead atoms. The van der Waals surface area contributed by atoms with E-state index >= 15 is 0 Å². The van der Waals surface area contributed by atoms with Gasteiger partial charge in [-0.3, -0.25) is 4.79 Å². The van der Waals surface area contributed by atoms with Gasteiger partial charge >= 0.3 is 5.92 Å². The highest BCUT2D eigenvalue weighted by atomic mass is 19.3. The Morgan fingerprint density at radius 3 is 2.55 bits per heavy atom. The Bertz CT molecular complexity index is 695. The van der Waals surface area contributed by atoms with E-state index in [0.717, 1.165) is 37.5 Å². The monoisotopic (exact) mass is 406 g/mol. The SMILES string of the molecule is CC1CCC2(C)C(=CCC3C2CCC2(C)C(CC(F)(F)C(=O)C(C)C)CCC32)C1. The minimum absolute atomic E-state index is 0.0179. The van der Waals surface area contributed by atoms with Crippen LogP contribution in [0.1, 0.15) is 92.4 Å². The quantitative estimate of drug-likeness (QED) is 0.443. The number of allylic oxidation sites excluding steroid dienone is 2. The van der Waals surface area contributed by atoms with Crippen LogP contribution >= 0.6 is 0 Å². The summed E-state index contributed by atoms with van der Waals surface area (Å²) in [5.74, 6) is -1.93. The summed E-state index contributed by atoms with van der Waals surface area (Å²) >= 11 is 0. The molecule has 3 saturated carbocycles. The fourth-order valence-corrected chi connectivity index (χ4v) is 8.12. The van der Waals surface area contributed by atoms with Crippen molar-refractivity contribution in [1.29, 1.82) is 0 Å². The molecule has 0 spiro atoms. The third kappa shape index (κ3) is 3.33. The highest BCUT2D eigenvalue weighted by Crippen LogP contribution is 2.67. The maximum absolute atomic E-state index is 14.7. The second-order valence-electron chi connectivity index (χ2n) is 11.9. The Labute approximate surface area is 176 Å². The summed E-state index contributed by atoms with van der Waals surface area (Å²) in [5, 5.41) is 0. The van der Waals surface area contributed by atoms with E-state index in [2.05, 4.69) is 26.8 Å². The maximum atomic E-state index is 14.7. The van der Waals surface area contributed by atoms with E-state index in [0.29, 0.717) is 17.3 Å². The number of carbonyl (C=O) groups is 1. The Hall–Kier alpha value is -0.730. The molecular formula is C26H40F2O. The van der Waals surface area contributed by atoms with Crippen LogP contribution in [-0.2, 0) is 4.79 Å². The molecule has 0 saturated heterocycles. The minimum atomic E-state index is -3.17. The van der Waals surface area contributed by atoms with Crippen molar-refractivity contribution in [1.82, 2.24) is 0 Å². The van der Waals surface area contributed by atoms with Crippen LogP contribution in [0.25, 0.3) is 0 Å². The van der Waals surface area contributed by atoms with Gasteiger partial charge in [-0.15, -0.1) is 0 Å². The molecule has 0 aromatic heterocycles. The molecule has 0 amide bonds. The van der Waals surface area contributed by atoms with Crippen LogP contribution in [0.5, 0.6) is 0 Å². The molecule has 7 atom stereocenters. The Balaban J connectivity index is 1.55. The first-order valence-corrected chi connectivity index (χ1v) is 12.1. The van der Waals surface area contributed by atoms with Crippen molar-refractivity contribution in [2.45, 2.75) is 98.3 Å². The third-order valence-corrected chi connectivity index (χ3v) is 9.93. The van der Waals surface area contributed by atoms with E-state index < -0.39 is 17.6 Å². The molecule has 29 heavy (non-hydrogen) atoms. The van der Waals surface area contributed by atoms with Crippen molar-refractivity contribution >= 4 is 5.78 Å². The van der Waals surface area contributed by atoms with E-state index in [9.17, 15) is 13.6 Å². The number of alkyl halides is 2. The molecule has 0 aromatic rings. The summed E-state index contributed by atoms with van der Waals surface area (Å²) in [6, 6.07) is 0. The van der Waals surface area contributed by atoms with E-state index in [4.69, 9.17) is 0 Å². The van der Waals surface area contributed by atoms with Gasteiger partial charge in [0, 0.05) is 12.3 Å². The molecule has 0 aliphatic heterocycles. The number of Topliss-reactive ketones (excluding diaryl/α,β-unsaturated/α-hetero) is 1. The number of carbonyl (C=O) groups excluding carboxylic acids is 1. The van der Waals surface area contributed by atoms with E-state index in [-0.39, 0.29) is 17.8 Å². The lowest BCUT2D eigenvalue weighted by atomic mass is 9.47. The van der Waals surface area contributed by atoms with Gasteiger partial charge < -0.3 is 0 Å². The maximum Gasteiger partial charge on any atom is 0.305 e. The largest absolute Gasteiger partial charge is 0.305 e. The molecular weight excluding hydrogens is 366 g/mol. The second-order valence-corrected chi connectivity index (χ2v) is 11.9. The lowest BCUT2D eigenvalue weighted by molar-refractivity contribution is -0.151. The van der Waals surface area contributed by atoms with Gasteiger partial charge in [0.15, 0.2) is 0 Å². The molecule has 4 rings (SSSR count). The Morgan fingerprint density at radius 2 is 1.86 bits per heavy atom. The first-order valence-electron chi connectivity index (χ1n) is 12.1. The fourth-order valence-electron chi connectivity index (χ4n) is 8.12. The summed E-state index contributed by atoms with van der Waals surface area (Å²) in [5.41, 5.74) is 2.02. The Kier molecular flexibility index (Phi) is 5.31. The van der Waals surface area contributed by atoms with Crippen LogP contribution in [0, 0.1) is 46.3 Å². The normalized spacial score (nSPS) is 44.7. The number of hydrogen-bond acceptors (Lipinski definition) is 1. The predicted molar refractivity (Wildman–Crippen MR) is 114 cm³/mol. The summed E-state index contributed by atoms with van der Waals surface area (Å²) < 4.78 is 29.5. The van der Waals surface area contributed by atoms with Crippen molar-refractivity contribution < 1.29 is 13.6 Å². The fraction of sp³-hybridized carbons (Fsp3) is 0.885. The van der Waals surface area contributed by atoms with Crippen LogP contribution in [0.4, 0.5) is 8.78 Å². The van der Waals surface area contributed by atoms with Crippen molar-refractivity contribution in [3.8, 4) is 0 Å². The Morgan fingerprint density at radius 1 is 1.14 bits per heavy atom. The van der Waals surface area contributed by atoms with Gasteiger partial charge in [-0.2, -0.15) is 8.78 Å². The lowest BCUT2D eigenvalue weighted by Gasteiger charge is -2.58. The molecule has 4 aliphatic rings. The van der Waals surface area contributed by atoms with Gasteiger partial charge in [0.2, 0.25) is 5.78 Å². The zero-order valence-corrected chi connectivity index (χ0v) is 19.1. The van der Waals surface area contributed by atoms with E-state index in [1.54, 1.807) is 19.4 Å². The number of ketones is 1. The average Bonchev–Trinajstić information content (AvgIpc) is 2.97. The van der Waals surface area contributed by atoms with Crippen LogP contribution < -0.4 is 0 Å². The smallest absolute Gasteiger partial charge is 0.293 e. The standard InChI is InChI=1S/C26H40F2O/c1-16(2)23(29)26(27,28)15-19-7-9-21-20-8-6-18-14-17(3)10-12-24(18,4)22(20)11-13-25(19,21)5/h6,16-17,19-22H,7-15H2,1-5H3. The molecule has 3 heteroatoms. The van der Waals surface area contributed by atoms with Crippen LogP contribution in [0.2, 0.25) is 0 Å². The molecule has 0 aromatic carbocycles.